The number of nitrogens with one attached hydrogen (secondary N) is 2. The zero-order chi connectivity index (χ0) is 33.8. The van der Waals surface area contributed by atoms with Crippen LogP contribution in [0.4, 0.5) is 20.6 Å². The molecule has 3 heterocycles. The van der Waals surface area contributed by atoms with Gasteiger partial charge in [-0.1, -0.05) is 12.1 Å². The quantitative estimate of drug-likeness (QED) is 0.290. The van der Waals surface area contributed by atoms with Crippen LogP contribution < -0.4 is 35.6 Å². The van der Waals surface area contributed by atoms with Crippen molar-refractivity contribution in [3.05, 3.63) is 88.7 Å². The highest BCUT2D eigenvalue weighted by Gasteiger charge is 2.34. The molecule has 2 N–H and O–H groups in total. The van der Waals surface area contributed by atoms with Crippen LogP contribution in [0.3, 0.4) is 0 Å². The fourth-order valence-electron chi connectivity index (χ4n) is 6.06. The lowest BCUT2D eigenvalue weighted by Crippen LogP contribution is -2.60. The number of piperazine rings is 1. The third-order valence-electron chi connectivity index (χ3n) is 8.57. The number of ether oxygens (including phenoxy) is 3. The van der Waals surface area contributed by atoms with Crippen molar-refractivity contribution in [3.8, 4) is 11.5 Å². The number of hydrogen-bond acceptors (Lipinski definition) is 9. The number of nitrogens with zero attached hydrogens (tertiary/aromatic N) is 5. The van der Waals surface area contributed by atoms with Gasteiger partial charge in [-0.15, -0.1) is 0 Å². The Hall–Kier alpha value is -5.21. The molecule has 2 aliphatic heterocycles. The minimum Gasteiger partial charge on any atom is -0.497 e. The third kappa shape index (κ3) is 6.62. The van der Waals surface area contributed by atoms with Crippen LogP contribution in [0.15, 0.2) is 71.5 Å². The van der Waals surface area contributed by atoms with Gasteiger partial charge in [0.25, 0.3) is 5.56 Å². The molecule has 2 fully saturated rings. The molecular formula is C34H42FN7O6. The van der Waals surface area contributed by atoms with Gasteiger partial charge in [0.2, 0.25) is 5.91 Å². The van der Waals surface area contributed by atoms with Gasteiger partial charge in [0.05, 0.1) is 63.2 Å². The Morgan fingerprint density at radius 2 is 1.81 bits per heavy atom. The highest BCUT2D eigenvalue weighted by molar-refractivity contribution is 6.03. The van der Waals surface area contributed by atoms with Crippen molar-refractivity contribution < 1.29 is 31.0 Å². The van der Waals surface area contributed by atoms with Gasteiger partial charge < -0.3 is 34.8 Å². The van der Waals surface area contributed by atoms with Crippen molar-refractivity contribution in [3.63, 3.8) is 0 Å². The zero-order valence-electron chi connectivity index (χ0n) is 27.0. The number of benzene rings is 3. The van der Waals surface area contributed by atoms with E-state index in [2.05, 4.69) is 10.6 Å². The average Bonchev–Trinajstić information content (AvgIpc) is 3.13. The molecule has 3 aromatic carbocycles. The summed E-state index contributed by atoms with van der Waals surface area (Å²) in [4.78, 5) is 49.8. The molecule has 2 unspecified atom stereocenters. The molecule has 0 aliphatic carbocycles. The van der Waals surface area contributed by atoms with Crippen LogP contribution in [-0.2, 0) is 9.53 Å². The van der Waals surface area contributed by atoms with Crippen molar-refractivity contribution in [2.24, 2.45) is 0 Å². The maximum atomic E-state index is 14.3. The second kappa shape index (κ2) is 14.3. The number of amides is 3. The predicted octanol–water partition coefficient (Wildman–Crippen LogP) is 3.61. The first-order valence-electron chi connectivity index (χ1n) is 15.7. The van der Waals surface area contributed by atoms with Gasteiger partial charge >= 0.3 is 6.03 Å². The number of carbonyl (C=O) groups excluding carboxylic acids is 2. The maximum Gasteiger partial charge on any atom is 0.327 e. The highest BCUT2D eigenvalue weighted by Crippen LogP contribution is 2.37. The van der Waals surface area contributed by atoms with E-state index in [0.717, 1.165) is 0 Å². The molecule has 0 bridgehead atoms. The van der Waals surface area contributed by atoms with E-state index in [1.165, 1.54) is 48.1 Å². The summed E-state index contributed by atoms with van der Waals surface area (Å²) in [7, 11) is 3.01. The first-order chi connectivity index (χ1) is 23.3. The number of para-hydroxylation sites is 1. The molecule has 6 rings (SSSR count). The summed E-state index contributed by atoms with van der Waals surface area (Å²) in [6, 6.07) is 15.7. The number of hydrogen-bond donors (Lipinski definition) is 2. The SMILES string of the molecule is COc1ccc(N(C(=O)Nc2ccc(F)cc2)C(C)c2nc3ccccc3c(=O)n2N2CCN(C(=O)C3COCCN3)CC2)c(OC)c1.[HH].[HH]. The summed E-state index contributed by atoms with van der Waals surface area (Å²) in [6.07, 6.45) is 0. The monoisotopic (exact) mass is 663 g/mol. The Kier molecular flexibility index (Phi) is 9.73. The van der Waals surface area contributed by atoms with E-state index in [1.807, 2.05) is 5.01 Å². The number of aromatic nitrogens is 2. The normalized spacial score (nSPS) is 17.1. The number of halogens is 1. The fourth-order valence-corrected chi connectivity index (χ4v) is 6.06. The van der Waals surface area contributed by atoms with Crippen LogP contribution in [-0.4, -0.2) is 92.7 Å². The smallest absolute Gasteiger partial charge is 0.327 e. The number of carbonyl (C=O) groups is 2. The van der Waals surface area contributed by atoms with Crippen LogP contribution in [0, 0.1) is 5.82 Å². The largest absolute Gasteiger partial charge is 0.497 e. The minimum atomic E-state index is -0.840. The number of rotatable bonds is 8. The highest BCUT2D eigenvalue weighted by atomic mass is 19.1. The van der Waals surface area contributed by atoms with E-state index in [0.29, 0.717) is 85.5 Å². The number of fused-ring (bicyclic) bond motifs is 1. The number of methoxy groups -OCH3 is 2. The van der Waals surface area contributed by atoms with Gasteiger partial charge in [0.1, 0.15) is 23.4 Å². The Morgan fingerprint density at radius 1 is 1.06 bits per heavy atom. The topological polar surface area (TPSA) is 130 Å². The minimum absolute atomic E-state index is 0. The average molecular weight is 664 g/mol. The lowest BCUT2D eigenvalue weighted by Gasteiger charge is -2.40. The summed E-state index contributed by atoms with van der Waals surface area (Å²) >= 11 is 0. The van der Waals surface area contributed by atoms with Crippen LogP contribution in [0.2, 0.25) is 0 Å². The molecule has 2 saturated heterocycles. The lowest BCUT2D eigenvalue weighted by molar-refractivity contribution is -0.136. The molecule has 2 aliphatic rings. The van der Waals surface area contributed by atoms with E-state index in [-0.39, 0.29) is 14.3 Å². The number of anilines is 2. The molecule has 13 nitrogen and oxygen atoms in total. The summed E-state index contributed by atoms with van der Waals surface area (Å²) in [5.41, 5.74) is 0.925. The van der Waals surface area contributed by atoms with Crippen molar-refractivity contribution in [1.82, 2.24) is 19.9 Å². The summed E-state index contributed by atoms with van der Waals surface area (Å²) in [5, 5.41) is 8.34. The van der Waals surface area contributed by atoms with E-state index in [4.69, 9.17) is 19.2 Å². The molecular weight excluding hydrogens is 621 g/mol. The second-order valence-electron chi connectivity index (χ2n) is 11.5. The summed E-state index contributed by atoms with van der Waals surface area (Å²) in [6.45, 7) is 4.74. The summed E-state index contributed by atoms with van der Waals surface area (Å²) in [5.74, 6) is 0.683. The Balaban J connectivity index is 0.00000281. The first kappa shape index (κ1) is 32.7. The summed E-state index contributed by atoms with van der Waals surface area (Å²) < 4.78 is 31.8. The molecule has 0 radical (unpaired) electrons. The van der Waals surface area contributed by atoms with Gasteiger partial charge in [-0.05, 0) is 55.5 Å². The molecule has 0 spiro atoms. The fraction of sp³-hybridized carbons (Fsp3) is 0.353. The second-order valence-corrected chi connectivity index (χ2v) is 11.5. The molecule has 0 saturated carbocycles. The van der Waals surface area contributed by atoms with Gasteiger partial charge in [0, 0.05) is 34.2 Å². The van der Waals surface area contributed by atoms with Crippen molar-refractivity contribution >= 4 is 34.2 Å². The van der Waals surface area contributed by atoms with Gasteiger partial charge in [0.15, 0.2) is 5.82 Å². The van der Waals surface area contributed by atoms with Crippen LogP contribution >= 0.6 is 0 Å². The predicted molar refractivity (Wildman–Crippen MR) is 183 cm³/mol. The van der Waals surface area contributed by atoms with E-state index >= 15 is 0 Å². The van der Waals surface area contributed by atoms with Gasteiger partial charge in [-0.3, -0.25) is 14.5 Å². The Morgan fingerprint density at radius 3 is 2.50 bits per heavy atom. The van der Waals surface area contributed by atoms with Crippen molar-refractivity contribution in [1.29, 1.82) is 0 Å². The van der Waals surface area contributed by atoms with Crippen LogP contribution in [0.25, 0.3) is 10.9 Å². The molecule has 1 aromatic heterocycles. The van der Waals surface area contributed by atoms with Crippen molar-refractivity contribution in [2.45, 2.75) is 19.0 Å². The molecule has 14 heteroatoms. The molecule has 3 amide bonds. The number of urea groups is 1. The number of morpholine rings is 1. The maximum absolute atomic E-state index is 14.3. The van der Waals surface area contributed by atoms with E-state index < -0.39 is 23.9 Å². The first-order valence-corrected chi connectivity index (χ1v) is 15.7. The van der Waals surface area contributed by atoms with Crippen LogP contribution in [0.5, 0.6) is 11.5 Å². The molecule has 2 atom stereocenters. The van der Waals surface area contributed by atoms with E-state index in [1.54, 1.807) is 54.3 Å². The van der Waals surface area contributed by atoms with Crippen LogP contribution in [0.1, 0.15) is 21.6 Å². The third-order valence-corrected chi connectivity index (χ3v) is 8.57. The zero-order valence-corrected chi connectivity index (χ0v) is 27.0. The molecule has 48 heavy (non-hydrogen) atoms. The standard InChI is InChI=1S/C34H38FN7O6.2H2/c1-22(41(29-13-12-25(46-2)20-30(29)47-3)34(45)37-24-10-8-23(35)9-11-24)31-38-27-7-5-4-6-26(27)32(43)42(31)40-17-15-39(16-18-40)33(44)28-21-48-19-14-36-28;;/h4-13,20,22,28,36H,14-19,21H2,1-3H3,(H,37,45);2*1H. The van der Waals surface area contributed by atoms with Gasteiger partial charge in [-0.25, -0.2) is 18.8 Å². The Labute approximate surface area is 279 Å². The molecule has 4 aromatic rings. The van der Waals surface area contributed by atoms with Gasteiger partial charge in [-0.2, -0.15) is 0 Å². The van der Waals surface area contributed by atoms with E-state index in [9.17, 15) is 18.8 Å². The van der Waals surface area contributed by atoms with Crippen molar-refractivity contribution in [2.75, 3.05) is 75.4 Å². The Bertz CT molecular complexity index is 1850. The lowest BCUT2D eigenvalue weighted by atomic mass is 10.1. The molecule has 256 valence electrons.